The van der Waals surface area contributed by atoms with Gasteiger partial charge >= 0.3 is 6.03 Å². The Morgan fingerprint density at radius 2 is 1.89 bits per heavy atom. The third-order valence-corrected chi connectivity index (χ3v) is 6.97. The first kappa shape index (κ1) is 26.7. The van der Waals surface area contributed by atoms with Crippen LogP contribution in [0.15, 0.2) is 51.6 Å². The van der Waals surface area contributed by atoms with Crippen LogP contribution in [0.5, 0.6) is 0 Å². The van der Waals surface area contributed by atoms with Crippen LogP contribution in [0.1, 0.15) is 25.0 Å². The van der Waals surface area contributed by atoms with E-state index in [1.165, 1.54) is 0 Å². The molecule has 1 atom stereocenters. The molecule has 1 aromatic heterocycles. The number of morpholine rings is 1. The van der Waals surface area contributed by atoms with E-state index < -0.39 is 0 Å². The second-order valence-electron chi connectivity index (χ2n) is 9.15. The van der Waals surface area contributed by atoms with E-state index in [0.29, 0.717) is 31.1 Å². The number of nitrogens with zero attached hydrogens (tertiary/aromatic N) is 3. The van der Waals surface area contributed by atoms with Crippen molar-refractivity contribution in [3.8, 4) is 0 Å². The van der Waals surface area contributed by atoms with Gasteiger partial charge in [0.25, 0.3) is 0 Å². The predicted molar refractivity (Wildman–Crippen MR) is 140 cm³/mol. The first-order valence-electron chi connectivity index (χ1n) is 12.6. The molecule has 2 saturated heterocycles. The topological polar surface area (TPSA) is 87.5 Å². The Hall–Kier alpha value is -2.40. The Morgan fingerprint density at radius 3 is 2.58 bits per heavy atom. The first-order chi connectivity index (χ1) is 17.6. The maximum Gasteiger partial charge on any atom is 0.322 e. The van der Waals surface area contributed by atoms with Gasteiger partial charge in [0, 0.05) is 49.5 Å². The molecule has 36 heavy (non-hydrogen) atoms. The summed E-state index contributed by atoms with van der Waals surface area (Å²) in [6.45, 7) is 6.11. The number of benzene rings is 1. The van der Waals surface area contributed by atoms with Crippen molar-refractivity contribution in [1.29, 1.82) is 0 Å². The molecule has 0 radical (unpaired) electrons. The van der Waals surface area contributed by atoms with Gasteiger partial charge in [0.05, 0.1) is 32.1 Å². The number of nitrogens with one attached hydrogen (secondary N) is 1. The van der Waals surface area contributed by atoms with Gasteiger partial charge in [0.1, 0.15) is 12.3 Å². The van der Waals surface area contributed by atoms with Gasteiger partial charge < -0.3 is 29.0 Å². The molecule has 3 heterocycles. The van der Waals surface area contributed by atoms with E-state index in [1.807, 2.05) is 36.4 Å². The lowest BCUT2D eigenvalue weighted by molar-refractivity contribution is -0.134. The molecule has 0 saturated carbocycles. The molecule has 1 unspecified atom stereocenters. The number of urea groups is 1. The van der Waals surface area contributed by atoms with Crippen LogP contribution in [-0.2, 0) is 20.8 Å². The molecule has 9 nitrogen and oxygen atoms in total. The highest BCUT2D eigenvalue weighted by Gasteiger charge is 2.26. The van der Waals surface area contributed by atoms with Crippen molar-refractivity contribution < 1.29 is 23.5 Å². The monoisotopic (exact) mass is 562 g/mol. The standard InChI is InChI=1S/C26H35BrN4O5/c27-21-6-8-22(9-7-21)28-26(33)30(11-3-10-29-12-16-34-17-13-29)20-25(32)31(18-23-4-1-14-35-23)19-24-5-2-15-36-24/h1,4,6-9,14,24H,2-3,5,10-13,15-20H2,(H,28,33). The Kier molecular flexibility index (Phi) is 10.2. The zero-order valence-electron chi connectivity index (χ0n) is 20.6. The van der Waals surface area contributed by atoms with Gasteiger partial charge in [0.2, 0.25) is 5.91 Å². The van der Waals surface area contributed by atoms with E-state index in [9.17, 15) is 9.59 Å². The number of anilines is 1. The molecule has 10 heteroatoms. The van der Waals surface area contributed by atoms with E-state index in [2.05, 4.69) is 26.1 Å². The number of carbonyl (C=O) groups is 2. The summed E-state index contributed by atoms with van der Waals surface area (Å²) in [5, 5.41) is 2.94. The number of hydrogen-bond acceptors (Lipinski definition) is 6. The van der Waals surface area contributed by atoms with Crippen LogP contribution in [0.2, 0.25) is 0 Å². The van der Waals surface area contributed by atoms with Crippen LogP contribution in [0.25, 0.3) is 0 Å². The van der Waals surface area contributed by atoms with Gasteiger partial charge in [-0.25, -0.2) is 4.79 Å². The summed E-state index contributed by atoms with van der Waals surface area (Å²) in [5.74, 6) is 0.582. The highest BCUT2D eigenvalue weighted by Crippen LogP contribution is 2.17. The molecule has 2 aromatic rings. The van der Waals surface area contributed by atoms with E-state index in [0.717, 1.165) is 63.2 Å². The third kappa shape index (κ3) is 8.33. The maximum atomic E-state index is 13.5. The maximum absolute atomic E-state index is 13.5. The molecule has 196 valence electrons. The van der Waals surface area contributed by atoms with Crippen LogP contribution in [0, 0.1) is 0 Å². The summed E-state index contributed by atoms with van der Waals surface area (Å²) in [7, 11) is 0. The average molecular weight is 563 g/mol. The van der Waals surface area contributed by atoms with Crippen molar-refractivity contribution in [3.63, 3.8) is 0 Å². The van der Waals surface area contributed by atoms with E-state index >= 15 is 0 Å². The molecule has 2 fully saturated rings. The summed E-state index contributed by atoms with van der Waals surface area (Å²) in [5.41, 5.74) is 0.681. The molecule has 0 aliphatic carbocycles. The Bertz CT molecular complexity index is 944. The number of amides is 3. The van der Waals surface area contributed by atoms with Crippen molar-refractivity contribution in [3.05, 3.63) is 52.9 Å². The Labute approximate surface area is 220 Å². The van der Waals surface area contributed by atoms with Gasteiger partial charge in [-0.1, -0.05) is 15.9 Å². The number of hydrogen-bond donors (Lipinski definition) is 1. The van der Waals surface area contributed by atoms with Gasteiger partial charge in [-0.3, -0.25) is 9.69 Å². The van der Waals surface area contributed by atoms with Crippen LogP contribution in [-0.4, -0.2) is 91.8 Å². The molecule has 4 rings (SSSR count). The molecular formula is C26H35BrN4O5. The van der Waals surface area contributed by atoms with Crippen LogP contribution in [0.3, 0.4) is 0 Å². The minimum absolute atomic E-state index is 0.00951. The fourth-order valence-electron chi connectivity index (χ4n) is 4.44. The highest BCUT2D eigenvalue weighted by atomic mass is 79.9. The summed E-state index contributed by atoms with van der Waals surface area (Å²) in [6, 6.07) is 10.8. The molecule has 1 N–H and O–H groups in total. The first-order valence-corrected chi connectivity index (χ1v) is 13.4. The fraction of sp³-hybridized carbons (Fsp3) is 0.538. The highest BCUT2D eigenvalue weighted by molar-refractivity contribution is 9.10. The summed E-state index contributed by atoms with van der Waals surface area (Å²) in [6.07, 6.45) is 4.31. The zero-order valence-corrected chi connectivity index (χ0v) is 22.2. The lowest BCUT2D eigenvalue weighted by Crippen LogP contribution is -2.47. The molecule has 0 bridgehead atoms. The second kappa shape index (κ2) is 13.8. The predicted octanol–water partition coefficient (Wildman–Crippen LogP) is 3.81. The average Bonchev–Trinajstić information content (AvgIpc) is 3.59. The SMILES string of the molecule is O=C(CN(CCCN1CCOCC1)C(=O)Nc1ccc(Br)cc1)N(Cc1ccco1)CC1CCCO1. The number of rotatable bonds is 11. The van der Waals surface area contributed by atoms with Crippen LogP contribution >= 0.6 is 15.9 Å². The smallest absolute Gasteiger partial charge is 0.322 e. The van der Waals surface area contributed by atoms with E-state index in [4.69, 9.17) is 13.9 Å². The quantitative estimate of drug-likeness (QED) is 0.448. The minimum atomic E-state index is -0.289. The zero-order chi connectivity index (χ0) is 25.2. The molecule has 2 aliphatic rings. The minimum Gasteiger partial charge on any atom is -0.467 e. The van der Waals surface area contributed by atoms with Gasteiger partial charge in [0.15, 0.2) is 0 Å². The van der Waals surface area contributed by atoms with Crippen LogP contribution in [0.4, 0.5) is 10.5 Å². The lowest BCUT2D eigenvalue weighted by Gasteiger charge is -2.30. The van der Waals surface area contributed by atoms with Crippen molar-refractivity contribution in [2.45, 2.75) is 31.9 Å². The fourth-order valence-corrected chi connectivity index (χ4v) is 4.71. The summed E-state index contributed by atoms with van der Waals surface area (Å²) < 4.78 is 17.7. The molecule has 3 amide bonds. The number of ether oxygens (including phenoxy) is 2. The number of halogens is 1. The van der Waals surface area contributed by atoms with Crippen molar-refractivity contribution in [1.82, 2.24) is 14.7 Å². The largest absolute Gasteiger partial charge is 0.467 e. The van der Waals surface area contributed by atoms with Crippen molar-refractivity contribution >= 4 is 33.6 Å². The van der Waals surface area contributed by atoms with E-state index in [-0.39, 0.29) is 24.6 Å². The molecule has 0 spiro atoms. The van der Waals surface area contributed by atoms with Gasteiger partial charge in [-0.05, 0) is 55.7 Å². The normalized spacial score (nSPS) is 18.2. The lowest BCUT2D eigenvalue weighted by atomic mass is 10.2. The summed E-state index contributed by atoms with van der Waals surface area (Å²) in [4.78, 5) is 32.4. The summed E-state index contributed by atoms with van der Waals surface area (Å²) >= 11 is 3.42. The molecule has 2 aliphatic heterocycles. The molecule has 1 aromatic carbocycles. The second-order valence-corrected chi connectivity index (χ2v) is 10.1. The van der Waals surface area contributed by atoms with Gasteiger partial charge in [-0.15, -0.1) is 0 Å². The Morgan fingerprint density at radius 1 is 1.08 bits per heavy atom. The third-order valence-electron chi connectivity index (χ3n) is 6.44. The van der Waals surface area contributed by atoms with Crippen molar-refractivity contribution in [2.75, 3.05) is 64.4 Å². The van der Waals surface area contributed by atoms with Crippen LogP contribution < -0.4 is 5.32 Å². The van der Waals surface area contributed by atoms with Crippen molar-refractivity contribution in [2.24, 2.45) is 0 Å². The Balaban J connectivity index is 1.41. The van der Waals surface area contributed by atoms with E-state index in [1.54, 1.807) is 16.1 Å². The molecular weight excluding hydrogens is 528 g/mol. The van der Waals surface area contributed by atoms with Gasteiger partial charge in [-0.2, -0.15) is 0 Å². The number of furan rings is 1. The number of carbonyl (C=O) groups excluding carboxylic acids is 2.